The van der Waals surface area contributed by atoms with Crippen LogP contribution in [0.2, 0.25) is 0 Å². The minimum Gasteiger partial charge on any atom is -0.393 e. The molecule has 3 N–H and O–H groups in total. The fraction of sp³-hybridized carbons (Fsp3) is 0.583. The van der Waals surface area contributed by atoms with Gasteiger partial charge in [0.15, 0.2) is 0 Å². The summed E-state index contributed by atoms with van der Waals surface area (Å²) in [6, 6.07) is -0.0194. The third-order valence-corrected chi connectivity index (χ3v) is 3.18. The SMILES string of the molecule is CCC(CC(N)=S)NC(=O)c1c(C)nn(C)c1C. The molecule has 0 radical (unpaired) electrons. The highest BCUT2D eigenvalue weighted by atomic mass is 32.1. The van der Waals surface area contributed by atoms with Crippen LogP contribution in [0.3, 0.4) is 0 Å². The minimum absolute atomic E-state index is 0.0194. The number of hydrogen-bond donors (Lipinski definition) is 2. The van der Waals surface area contributed by atoms with Crippen LogP contribution in [0, 0.1) is 13.8 Å². The van der Waals surface area contributed by atoms with E-state index in [1.54, 1.807) is 4.68 Å². The summed E-state index contributed by atoms with van der Waals surface area (Å²) in [7, 11) is 1.82. The molecule has 1 heterocycles. The number of nitrogens with zero attached hydrogens (tertiary/aromatic N) is 2. The largest absolute Gasteiger partial charge is 0.393 e. The molecule has 0 saturated carbocycles. The number of carbonyl (C=O) groups excluding carboxylic acids is 1. The number of nitrogens with one attached hydrogen (secondary N) is 1. The Labute approximate surface area is 113 Å². The number of aryl methyl sites for hydroxylation is 2. The van der Waals surface area contributed by atoms with E-state index in [9.17, 15) is 4.79 Å². The van der Waals surface area contributed by atoms with Crippen molar-refractivity contribution in [2.24, 2.45) is 12.8 Å². The molecule has 5 nitrogen and oxygen atoms in total. The molecular weight excluding hydrogens is 248 g/mol. The van der Waals surface area contributed by atoms with E-state index >= 15 is 0 Å². The Hall–Kier alpha value is -1.43. The first-order chi connectivity index (χ1) is 8.36. The van der Waals surface area contributed by atoms with Crippen molar-refractivity contribution in [2.75, 3.05) is 0 Å². The van der Waals surface area contributed by atoms with Crippen LogP contribution >= 0.6 is 12.2 Å². The summed E-state index contributed by atoms with van der Waals surface area (Å²) in [5.74, 6) is -0.110. The Morgan fingerprint density at radius 3 is 2.56 bits per heavy atom. The van der Waals surface area contributed by atoms with Crippen molar-refractivity contribution in [1.29, 1.82) is 0 Å². The van der Waals surface area contributed by atoms with Gasteiger partial charge in [-0.05, 0) is 20.3 Å². The molecule has 1 amide bonds. The number of aromatic nitrogens is 2. The van der Waals surface area contributed by atoms with E-state index in [0.29, 0.717) is 17.0 Å². The van der Waals surface area contributed by atoms with Gasteiger partial charge in [-0.3, -0.25) is 9.48 Å². The van der Waals surface area contributed by atoms with Crippen LogP contribution < -0.4 is 11.1 Å². The average Bonchev–Trinajstić information content (AvgIpc) is 2.51. The van der Waals surface area contributed by atoms with Gasteiger partial charge in [0, 0.05) is 25.2 Å². The zero-order valence-electron chi connectivity index (χ0n) is 11.3. The smallest absolute Gasteiger partial charge is 0.255 e. The maximum Gasteiger partial charge on any atom is 0.255 e. The Morgan fingerprint density at radius 2 is 2.17 bits per heavy atom. The quantitative estimate of drug-likeness (QED) is 0.788. The van der Waals surface area contributed by atoms with Gasteiger partial charge in [-0.15, -0.1) is 0 Å². The number of amides is 1. The lowest BCUT2D eigenvalue weighted by atomic mass is 10.1. The van der Waals surface area contributed by atoms with E-state index in [-0.39, 0.29) is 11.9 Å². The molecule has 0 saturated heterocycles. The highest BCUT2D eigenvalue weighted by Crippen LogP contribution is 2.12. The number of hydrogen-bond acceptors (Lipinski definition) is 3. The monoisotopic (exact) mass is 268 g/mol. The van der Waals surface area contributed by atoms with E-state index in [1.165, 1.54) is 0 Å². The van der Waals surface area contributed by atoms with Gasteiger partial charge in [-0.2, -0.15) is 5.10 Å². The predicted molar refractivity (Wildman–Crippen MR) is 75.6 cm³/mol. The van der Waals surface area contributed by atoms with Crippen LogP contribution in [0.15, 0.2) is 0 Å². The lowest BCUT2D eigenvalue weighted by Gasteiger charge is -2.16. The predicted octanol–water partition coefficient (Wildman–Crippen LogP) is 1.22. The van der Waals surface area contributed by atoms with Gasteiger partial charge in [0.2, 0.25) is 0 Å². The second kappa shape index (κ2) is 5.95. The third kappa shape index (κ3) is 3.29. The maximum atomic E-state index is 12.2. The molecule has 1 atom stereocenters. The molecule has 100 valence electrons. The zero-order chi connectivity index (χ0) is 13.9. The first kappa shape index (κ1) is 14.6. The summed E-state index contributed by atoms with van der Waals surface area (Å²) in [6.07, 6.45) is 1.32. The standard InChI is InChI=1S/C12H20N4OS/c1-5-9(6-10(13)18)14-12(17)11-7(2)15-16(4)8(11)3/h9H,5-6H2,1-4H3,(H2,13,18)(H,14,17). The van der Waals surface area contributed by atoms with Gasteiger partial charge in [-0.1, -0.05) is 19.1 Å². The van der Waals surface area contributed by atoms with Gasteiger partial charge in [-0.25, -0.2) is 0 Å². The number of nitrogens with two attached hydrogens (primary N) is 1. The molecule has 1 unspecified atom stereocenters. The Morgan fingerprint density at radius 1 is 1.56 bits per heavy atom. The Balaban J connectivity index is 2.84. The summed E-state index contributed by atoms with van der Waals surface area (Å²) in [5.41, 5.74) is 7.74. The van der Waals surface area contributed by atoms with E-state index in [2.05, 4.69) is 10.4 Å². The van der Waals surface area contributed by atoms with Gasteiger partial charge < -0.3 is 11.1 Å². The lowest BCUT2D eigenvalue weighted by molar-refractivity contribution is 0.0936. The minimum atomic E-state index is -0.110. The van der Waals surface area contributed by atoms with Crippen molar-refractivity contribution in [2.45, 2.75) is 39.7 Å². The number of carbonyl (C=O) groups is 1. The molecule has 0 aliphatic heterocycles. The molecule has 0 spiro atoms. The molecule has 1 aromatic rings. The first-order valence-electron chi connectivity index (χ1n) is 5.96. The van der Waals surface area contributed by atoms with E-state index in [0.717, 1.165) is 17.8 Å². The first-order valence-corrected chi connectivity index (χ1v) is 6.37. The summed E-state index contributed by atoms with van der Waals surface area (Å²) in [4.78, 5) is 12.6. The topological polar surface area (TPSA) is 72.9 Å². The van der Waals surface area contributed by atoms with Gasteiger partial charge >= 0.3 is 0 Å². The molecule has 0 aliphatic carbocycles. The molecular formula is C12H20N4OS. The fourth-order valence-corrected chi connectivity index (χ4v) is 2.10. The molecule has 18 heavy (non-hydrogen) atoms. The van der Waals surface area contributed by atoms with Crippen LogP contribution in [0.5, 0.6) is 0 Å². The van der Waals surface area contributed by atoms with E-state index < -0.39 is 0 Å². The molecule has 1 rings (SSSR count). The Kier molecular flexibility index (Phi) is 4.84. The van der Waals surface area contributed by atoms with Crippen LogP contribution in [-0.4, -0.2) is 26.7 Å². The van der Waals surface area contributed by atoms with Crippen LogP contribution in [-0.2, 0) is 7.05 Å². The van der Waals surface area contributed by atoms with Crippen LogP contribution in [0.4, 0.5) is 0 Å². The van der Waals surface area contributed by atoms with E-state index in [4.69, 9.17) is 18.0 Å². The van der Waals surface area contributed by atoms with Gasteiger partial charge in [0.05, 0.1) is 16.2 Å². The summed E-state index contributed by atoms with van der Waals surface area (Å²) >= 11 is 4.87. The Bertz CT molecular complexity index is 467. The summed E-state index contributed by atoms with van der Waals surface area (Å²) in [6.45, 7) is 5.70. The normalized spacial score (nSPS) is 12.2. The van der Waals surface area contributed by atoms with Crippen molar-refractivity contribution in [3.05, 3.63) is 17.0 Å². The number of rotatable bonds is 5. The molecule has 0 aliphatic rings. The molecule has 1 aromatic heterocycles. The maximum absolute atomic E-state index is 12.2. The van der Waals surface area contributed by atoms with Crippen molar-refractivity contribution < 1.29 is 4.79 Å². The van der Waals surface area contributed by atoms with Crippen LogP contribution in [0.25, 0.3) is 0 Å². The third-order valence-electron chi connectivity index (χ3n) is 3.01. The summed E-state index contributed by atoms with van der Waals surface area (Å²) in [5, 5.41) is 7.18. The molecule has 0 aromatic carbocycles. The fourth-order valence-electron chi connectivity index (χ4n) is 1.90. The van der Waals surface area contributed by atoms with Crippen LogP contribution in [0.1, 0.15) is 41.5 Å². The summed E-state index contributed by atoms with van der Waals surface area (Å²) < 4.78 is 1.71. The van der Waals surface area contributed by atoms with Gasteiger partial charge in [0.1, 0.15) is 0 Å². The van der Waals surface area contributed by atoms with Crippen molar-refractivity contribution in [3.63, 3.8) is 0 Å². The average molecular weight is 268 g/mol. The lowest BCUT2D eigenvalue weighted by Crippen LogP contribution is -2.37. The van der Waals surface area contributed by atoms with Crippen molar-refractivity contribution >= 4 is 23.1 Å². The number of thiocarbonyl (C=S) groups is 1. The van der Waals surface area contributed by atoms with Crippen molar-refractivity contribution in [1.82, 2.24) is 15.1 Å². The van der Waals surface area contributed by atoms with Gasteiger partial charge in [0.25, 0.3) is 5.91 Å². The molecule has 0 fully saturated rings. The zero-order valence-corrected chi connectivity index (χ0v) is 12.1. The molecule has 0 bridgehead atoms. The van der Waals surface area contributed by atoms with E-state index in [1.807, 2.05) is 27.8 Å². The van der Waals surface area contributed by atoms with Crippen molar-refractivity contribution in [3.8, 4) is 0 Å². The second-order valence-corrected chi connectivity index (χ2v) is 4.94. The second-order valence-electron chi connectivity index (χ2n) is 4.42. The highest BCUT2D eigenvalue weighted by Gasteiger charge is 2.19. The highest BCUT2D eigenvalue weighted by molar-refractivity contribution is 7.80. The molecule has 6 heteroatoms.